The molecule has 0 unspecified atom stereocenters. The molecule has 1 aromatic rings. The standard InChI is InChI=1S/C9H7ClO2S/c10-6-2-1-3-7-5(6)4-8(13-7)9(11)12/h1-3,8H,4H2,(H,11,12)/t8-/m0/s1. The van der Waals surface area contributed by atoms with Crippen molar-refractivity contribution in [3.63, 3.8) is 0 Å². The summed E-state index contributed by atoms with van der Waals surface area (Å²) in [6.45, 7) is 0. The minimum Gasteiger partial charge on any atom is -0.480 e. The Morgan fingerprint density at radius 3 is 3.00 bits per heavy atom. The first kappa shape index (κ1) is 8.91. The lowest BCUT2D eigenvalue weighted by Crippen LogP contribution is -2.14. The van der Waals surface area contributed by atoms with Crippen LogP contribution in [0.25, 0.3) is 0 Å². The summed E-state index contributed by atoms with van der Waals surface area (Å²) in [5.74, 6) is -0.766. The molecule has 0 saturated heterocycles. The molecule has 1 atom stereocenters. The zero-order valence-electron chi connectivity index (χ0n) is 6.66. The Balaban J connectivity index is 2.35. The molecule has 1 aromatic carbocycles. The largest absolute Gasteiger partial charge is 0.480 e. The minimum absolute atomic E-state index is 0.366. The Morgan fingerprint density at radius 1 is 1.62 bits per heavy atom. The van der Waals surface area contributed by atoms with Gasteiger partial charge in [-0.15, -0.1) is 11.8 Å². The lowest BCUT2D eigenvalue weighted by molar-refractivity contribution is -0.136. The van der Waals surface area contributed by atoms with Crippen molar-refractivity contribution in [2.45, 2.75) is 16.6 Å². The van der Waals surface area contributed by atoms with Crippen LogP contribution in [0.15, 0.2) is 23.1 Å². The Labute approximate surface area is 84.9 Å². The van der Waals surface area contributed by atoms with Gasteiger partial charge in [-0.25, -0.2) is 0 Å². The quantitative estimate of drug-likeness (QED) is 0.780. The highest BCUT2D eigenvalue weighted by atomic mass is 35.5. The van der Waals surface area contributed by atoms with Crippen LogP contribution in [0, 0.1) is 0 Å². The van der Waals surface area contributed by atoms with Gasteiger partial charge < -0.3 is 5.11 Å². The Hall–Kier alpha value is -0.670. The lowest BCUT2D eigenvalue weighted by Gasteiger charge is -1.98. The first-order valence-electron chi connectivity index (χ1n) is 3.85. The molecule has 0 aromatic heterocycles. The summed E-state index contributed by atoms with van der Waals surface area (Å²) < 4.78 is 0. The maximum absolute atomic E-state index is 10.7. The van der Waals surface area contributed by atoms with Crippen molar-refractivity contribution in [1.82, 2.24) is 0 Å². The lowest BCUT2D eigenvalue weighted by atomic mass is 10.1. The Bertz CT molecular complexity index is 365. The third-order valence-electron chi connectivity index (χ3n) is 2.01. The summed E-state index contributed by atoms with van der Waals surface area (Å²) in [6, 6.07) is 5.55. The summed E-state index contributed by atoms with van der Waals surface area (Å²) in [7, 11) is 0. The van der Waals surface area contributed by atoms with Crippen LogP contribution in [-0.4, -0.2) is 16.3 Å². The molecule has 13 heavy (non-hydrogen) atoms. The average Bonchev–Trinajstić information content (AvgIpc) is 2.49. The van der Waals surface area contributed by atoms with Gasteiger partial charge in [-0.05, 0) is 24.1 Å². The van der Waals surface area contributed by atoms with Gasteiger partial charge in [-0.2, -0.15) is 0 Å². The van der Waals surface area contributed by atoms with Gasteiger partial charge in [0.05, 0.1) is 0 Å². The summed E-state index contributed by atoms with van der Waals surface area (Å²) >= 11 is 7.31. The summed E-state index contributed by atoms with van der Waals surface area (Å²) in [5, 5.41) is 9.12. The van der Waals surface area contributed by atoms with Crippen LogP contribution in [0.2, 0.25) is 5.02 Å². The molecule has 0 spiro atoms. The van der Waals surface area contributed by atoms with Gasteiger partial charge in [0.25, 0.3) is 0 Å². The number of hydrogen-bond donors (Lipinski definition) is 1. The molecule has 2 rings (SSSR count). The van der Waals surface area contributed by atoms with E-state index in [4.69, 9.17) is 16.7 Å². The number of aliphatic carboxylic acids is 1. The van der Waals surface area contributed by atoms with Gasteiger partial charge in [-0.1, -0.05) is 17.7 Å². The molecule has 68 valence electrons. The molecular weight excluding hydrogens is 208 g/mol. The van der Waals surface area contributed by atoms with Gasteiger partial charge in [0.15, 0.2) is 0 Å². The van der Waals surface area contributed by atoms with Crippen LogP contribution in [-0.2, 0) is 11.2 Å². The Morgan fingerprint density at radius 2 is 2.38 bits per heavy atom. The molecule has 0 bridgehead atoms. The smallest absolute Gasteiger partial charge is 0.317 e. The molecule has 0 amide bonds. The SMILES string of the molecule is O=C(O)[C@@H]1Cc2c(Cl)cccc2S1. The molecule has 0 fully saturated rings. The monoisotopic (exact) mass is 214 g/mol. The highest BCUT2D eigenvalue weighted by molar-refractivity contribution is 8.01. The van der Waals surface area contributed by atoms with Crippen LogP contribution in [0.3, 0.4) is 0 Å². The number of hydrogen-bond acceptors (Lipinski definition) is 2. The number of carboxylic acids is 1. The van der Waals surface area contributed by atoms with Gasteiger partial charge in [-0.3, -0.25) is 4.79 Å². The van der Waals surface area contributed by atoms with Crippen molar-refractivity contribution in [3.05, 3.63) is 28.8 Å². The maximum atomic E-state index is 10.7. The molecular formula is C9H7ClO2S. The van der Waals surface area contributed by atoms with Crippen LogP contribution in [0.4, 0.5) is 0 Å². The molecule has 1 N–H and O–H groups in total. The normalized spacial score (nSPS) is 19.9. The number of fused-ring (bicyclic) bond motifs is 1. The van der Waals surface area contributed by atoms with Crippen molar-refractivity contribution in [2.75, 3.05) is 0 Å². The van der Waals surface area contributed by atoms with Crippen molar-refractivity contribution in [2.24, 2.45) is 0 Å². The van der Waals surface area contributed by atoms with Crippen molar-refractivity contribution in [3.8, 4) is 0 Å². The van der Waals surface area contributed by atoms with Crippen molar-refractivity contribution < 1.29 is 9.90 Å². The Kier molecular flexibility index (Phi) is 2.22. The van der Waals surface area contributed by atoms with E-state index in [1.54, 1.807) is 6.07 Å². The van der Waals surface area contributed by atoms with E-state index in [0.29, 0.717) is 11.4 Å². The number of benzene rings is 1. The third kappa shape index (κ3) is 1.54. The van der Waals surface area contributed by atoms with Crippen molar-refractivity contribution in [1.29, 1.82) is 0 Å². The second-order valence-electron chi connectivity index (χ2n) is 2.87. The fourth-order valence-electron chi connectivity index (χ4n) is 1.37. The highest BCUT2D eigenvalue weighted by Crippen LogP contribution is 2.40. The number of thioether (sulfide) groups is 1. The van der Waals surface area contributed by atoms with E-state index in [0.717, 1.165) is 10.5 Å². The molecule has 1 heterocycles. The van der Waals surface area contributed by atoms with E-state index < -0.39 is 5.97 Å². The van der Waals surface area contributed by atoms with E-state index in [9.17, 15) is 4.79 Å². The molecule has 0 saturated carbocycles. The average molecular weight is 215 g/mol. The zero-order valence-corrected chi connectivity index (χ0v) is 8.23. The van der Waals surface area contributed by atoms with Crippen LogP contribution < -0.4 is 0 Å². The predicted octanol–water partition coefficient (Wildman–Crippen LogP) is 2.44. The molecule has 1 aliphatic heterocycles. The summed E-state index contributed by atoms with van der Waals surface area (Å²) in [5.41, 5.74) is 0.974. The van der Waals surface area contributed by atoms with E-state index >= 15 is 0 Å². The van der Waals surface area contributed by atoms with Crippen LogP contribution in [0.1, 0.15) is 5.56 Å². The van der Waals surface area contributed by atoms with Gasteiger partial charge >= 0.3 is 5.97 Å². The van der Waals surface area contributed by atoms with Gasteiger partial charge in [0.2, 0.25) is 0 Å². The highest BCUT2D eigenvalue weighted by Gasteiger charge is 2.29. The molecule has 0 radical (unpaired) electrons. The first-order valence-corrected chi connectivity index (χ1v) is 5.11. The van der Waals surface area contributed by atoms with Gasteiger partial charge in [0.1, 0.15) is 5.25 Å². The van der Waals surface area contributed by atoms with Crippen LogP contribution >= 0.6 is 23.4 Å². The minimum atomic E-state index is -0.766. The zero-order chi connectivity index (χ0) is 9.42. The maximum Gasteiger partial charge on any atom is 0.317 e. The van der Waals surface area contributed by atoms with Crippen LogP contribution in [0.5, 0.6) is 0 Å². The van der Waals surface area contributed by atoms with Crippen molar-refractivity contribution >= 4 is 29.3 Å². The third-order valence-corrected chi connectivity index (χ3v) is 3.65. The number of carbonyl (C=O) groups is 1. The fourth-order valence-corrected chi connectivity index (χ4v) is 2.82. The number of rotatable bonds is 1. The second kappa shape index (κ2) is 3.24. The molecule has 1 aliphatic rings. The van der Waals surface area contributed by atoms with E-state index in [1.807, 2.05) is 12.1 Å². The molecule has 0 aliphatic carbocycles. The predicted molar refractivity (Wildman–Crippen MR) is 52.4 cm³/mol. The topological polar surface area (TPSA) is 37.3 Å². The number of halogens is 1. The summed E-state index contributed by atoms with van der Waals surface area (Å²) in [4.78, 5) is 11.7. The number of carboxylic acid groups (broad SMARTS) is 1. The summed E-state index contributed by atoms with van der Waals surface area (Å²) in [6.07, 6.45) is 0.537. The fraction of sp³-hybridized carbons (Fsp3) is 0.222. The van der Waals surface area contributed by atoms with E-state index in [2.05, 4.69) is 0 Å². The molecule has 4 heteroatoms. The van der Waals surface area contributed by atoms with E-state index in [1.165, 1.54) is 11.8 Å². The van der Waals surface area contributed by atoms with Gasteiger partial charge in [0, 0.05) is 9.92 Å². The van der Waals surface area contributed by atoms with E-state index in [-0.39, 0.29) is 5.25 Å². The second-order valence-corrected chi connectivity index (χ2v) is 4.52. The molecule has 2 nitrogen and oxygen atoms in total. The first-order chi connectivity index (χ1) is 6.18.